The van der Waals surface area contributed by atoms with Crippen LogP contribution in [0.1, 0.15) is 24.8 Å². The van der Waals surface area contributed by atoms with Crippen LogP contribution in [0.5, 0.6) is 0 Å². The molecule has 8 heteroatoms. The number of carbonyl (C=O) groups is 1. The van der Waals surface area contributed by atoms with E-state index in [0.29, 0.717) is 29.7 Å². The van der Waals surface area contributed by atoms with Gasteiger partial charge in [0.25, 0.3) is 10.0 Å². The SMILES string of the molecule is O=C1CCCN1c1cccc(S(=O)(=O)n2cc(C3=CCNCC3)c3ncccc32)c1. The second-order valence-corrected chi connectivity index (χ2v) is 9.36. The molecule has 1 aromatic carbocycles. The van der Waals surface area contributed by atoms with Gasteiger partial charge in [0.15, 0.2) is 0 Å². The van der Waals surface area contributed by atoms with Gasteiger partial charge in [-0.3, -0.25) is 9.78 Å². The number of anilines is 1. The van der Waals surface area contributed by atoms with Crippen molar-refractivity contribution in [2.75, 3.05) is 24.5 Å². The minimum atomic E-state index is -3.86. The zero-order chi connectivity index (χ0) is 20.7. The van der Waals surface area contributed by atoms with Crippen molar-refractivity contribution in [3.8, 4) is 0 Å². The predicted octanol–water partition coefficient (Wildman–Crippen LogP) is 2.78. The average molecular weight is 423 g/mol. The van der Waals surface area contributed by atoms with Crippen LogP contribution in [-0.2, 0) is 14.8 Å². The summed E-state index contributed by atoms with van der Waals surface area (Å²) in [5.74, 6) is 0.0280. The number of rotatable bonds is 4. The van der Waals surface area contributed by atoms with Gasteiger partial charge in [0.1, 0.15) is 0 Å². The highest BCUT2D eigenvalue weighted by atomic mass is 32.2. The van der Waals surface area contributed by atoms with Crippen molar-refractivity contribution in [2.24, 2.45) is 0 Å². The summed E-state index contributed by atoms with van der Waals surface area (Å²) >= 11 is 0. The quantitative estimate of drug-likeness (QED) is 0.699. The summed E-state index contributed by atoms with van der Waals surface area (Å²) in [6.07, 6.45) is 7.56. The van der Waals surface area contributed by atoms with E-state index >= 15 is 0 Å². The van der Waals surface area contributed by atoms with Gasteiger partial charge in [-0.15, -0.1) is 0 Å². The highest BCUT2D eigenvalue weighted by molar-refractivity contribution is 7.90. The second kappa shape index (κ2) is 7.37. The van der Waals surface area contributed by atoms with Gasteiger partial charge in [-0.05, 0) is 55.3 Å². The molecule has 0 saturated carbocycles. The molecule has 30 heavy (non-hydrogen) atoms. The molecule has 2 aliphatic rings. The number of nitrogens with one attached hydrogen (secondary N) is 1. The number of nitrogens with zero attached hydrogens (tertiary/aromatic N) is 3. The Kier molecular flexibility index (Phi) is 4.67. The highest BCUT2D eigenvalue weighted by Crippen LogP contribution is 2.32. The number of amides is 1. The molecular formula is C22H22N4O3S. The van der Waals surface area contributed by atoms with Crippen molar-refractivity contribution in [1.82, 2.24) is 14.3 Å². The first-order valence-corrected chi connectivity index (χ1v) is 11.5. The van der Waals surface area contributed by atoms with Crippen LogP contribution in [0.25, 0.3) is 16.6 Å². The minimum absolute atomic E-state index is 0.0280. The third-order valence-electron chi connectivity index (χ3n) is 5.69. The van der Waals surface area contributed by atoms with E-state index in [1.54, 1.807) is 53.7 Å². The molecule has 0 spiro atoms. The molecule has 154 valence electrons. The molecular weight excluding hydrogens is 400 g/mol. The molecule has 2 aliphatic heterocycles. The fraction of sp³-hybridized carbons (Fsp3) is 0.273. The summed E-state index contributed by atoms with van der Waals surface area (Å²) in [4.78, 5) is 18.4. The Morgan fingerprint density at radius 2 is 2.00 bits per heavy atom. The maximum atomic E-state index is 13.6. The number of carbonyl (C=O) groups excluding carboxylic acids is 1. The summed E-state index contributed by atoms with van der Waals surface area (Å²) in [5, 5.41) is 3.28. The van der Waals surface area contributed by atoms with Crippen molar-refractivity contribution >= 4 is 38.2 Å². The van der Waals surface area contributed by atoms with Crippen molar-refractivity contribution in [1.29, 1.82) is 0 Å². The molecule has 1 saturated heterocycles. The van der Waals surface area contributed by atoms with Crippen molar-refractivity contribution in [3.63, 3.8) is 0 Å². The molecule has 1 amide bonds. The van der Waals surface area contributed by atoms with Gasteiger partial charge in [-0.25, -0.2) is 12.4 Å². The molecule has 0 radical (unpaired) electrons. The predicted molar refractivity (Wildman–Crippen MR) is 116 cm³/mol. The number of pyridine rings is 1. The molecule has 1 N–H and O–H groups in total. The lowest BCUT2D eigenvalue weighted by atomic mass is 10.0. The topological polar surface area (TPSA) is 84.3 Å². The summed E-state index contributed by atoms with van der Waals surface area (Å²) in [6.45, 7) is 2.22. The van der Waals surface area contributed by atoms with Gasteiger partial charge in [0.05, 0.1) is 15.9 Å². The smallest absolute Gasteiger partial charge is 0.268 e. The molecule has 1 fully saturated rings. The molecule has 0 atom stereocenters. The Bertz CT molecular complexity index is 1280. The van der Waals surface area contributed by atoms with E-state index in [-0.39, 0.29) is 10.8 Å². The fourth-order valence-electron chi connectivity index (χ4n) is 4.18. The summed E-state index contributed by atoms with van der Waals surface area (Å²) < 4.78 is 28.5. The summed E-state index contributed by atoms with van der Waals surface area (Å²) in [5.41, 5.74) is 3.80. The standard InChI is InChI=1S/C22H22N4O3S/c27-21-7-3-13-25(21)17-4-1-5-18(14-17)30(28,29)26-15-19(16-8-11-23-12-9-16)22-20(26)6-2-10-24-22/h1-2,4-6,8,10,14-15,23H,3,7,9,11-13H2. The first-order chi connectivity index (χ1) is 14.6. The van der Waals surface area contributed by atoms with Crippen LogP contribution in [0, 0.1) is 0 Å². The Morgan fingerprint density at radius 3 is 2.77 bits per heavy atom. The van der Waals surface area contributed by atoms with Crippen LogP contribution in [-0.4, -0.2) is 42.9 Å². The zero-order valence-corrected chi connectivity index (χ0v) is 17.2. The van der Waals surface area contributed by atoms with E-state index in [1.807, 2.05) is 0 Å². The van der Waals surface area contributed by atoms with Gasteiger partial charge in [-0.2, -0.15) is 0 Å². The van der Waals surface area contributed by atoms with Gasteiger partial charge in [0, 0.05) is 43.2 Å². The Morgan fingerprint density at radius 1 is 1.10 bits per heavy atom. The lowest BCUT2D eigenvalue weighted by molar-refractivity contribution is -0.117. The Balaban J connectivity index is 1.63. The molecule has 7 nitrogen and oxygen atoms in total. The molecule has 2 aromatic heterocycles. The number of hydrogen-bond acceptors (Lipinski definition) is 5. The number of fused-ring (bicyclic) bond motifs is 1. The van der Waals surface area contributed by atoms with Crippen LogP contribution in [0.3, 0.4) is 0 Å². The van der Waals surface area contributed by atoms with Crippen molar-refractivity contribution < 1.29 is 13.2 Å². The number of hydrogen-bond donors (Lipinski definition) is 1. The van der Waals surface area contributed by atoms with E-state index in [2.05, 4.69) is 16.4 Å². The largest absolute Gasteiger partial charge is 0.313 e. The third-order valence-corrected chi connectivity index (χ3v) is 7.36. The molecule has 3 aromatic rings. The normalized spacial score (nSPS) is 17.5. The fourth-order valence-corrected chi connectivity index (χ4v) is 5.58. The van der Waals surface area contributed by atoms with E-state index < -0.39 is 10.0 Å². The molecule has 0 bridgehead atoms. The van der Waals surface area contributed by atoms with Gasteiger partial charge in [0.2, 0.25) is 5.91 Å². The minimum Gasteiger partial charge on any atom is -0.313 e. The van der Waals surface area contributed by atoms with Gasteiger partial charge in [-0.1, -0.05) is 12.1 Å². The molecule has 0 unspecified atom stereocenters. The molecule has 4 heterocycles. The van der Waals surface area contributed by atoms with Crippen molar-refractivity contribution in [2.45, 2.75) is 24.2 Å². The third kappa shape index (κ3) is 3.12. The van der Waals surface area contributed by atoms with Gasteiger partial charge < -0.3 is 10.2 Å². The first-order valence-electron chi connectivity index (χ1n) is 10.1. The van der Waals surface area contributed by atoms with Gasteiger partial charge >= 0.3 is 0 Å². The highest BCUT2D eigenvalue weighted by Gasteiger charge is 2.26. The zero-order valence-electron chi connectivity index (χ0n) is 16.4. The maximum absolute atomic E-state index is 13.6. The van der Waals surface area contributed by atoms with E-state index in [1.165, 1.54) is 3.97 Å². The van der Waals surface area contributed by atoms with E-state index in [0.717, 1.165) is 37.1 Å². The van der Waals surface area contributed by atoms with Crippen LogP contribution >= 0.6 is 0 Å². The van der Waals surface area contributed by atoms with Crippen LogP contribution in [0.15, 0.2) is 59.8 Å². The number of aromatic nitrogens is 2. The lowest BCUT2D eigenvalue weighted by Crippen LogP contribution is -2.24. The van der Waals surface area contributed by atoms with Crippen LogP contribution in [0.2, 0.25) is 0 Å². The monoisotopic (exact) mass is 422 g/mol. The maximum Gasteiger partial charge on any atom is 0.268 e. The summed E-state index contributed by atoms with van der Waals surface area (Å²) in [7, 11) is -3.86. The summed E-state index contributed by atoms with van der Waals surface area (Å²) in [6, 6.07) is 10.2. The van der Waals surface area contributed by atoms with Crippen molar-refractivity contribution in [3.05, 3.63) is 60.4 Å². The first kappa shape index (κ1) is 19.0. The molecule has 5 rings (SSSR count). The Labute approximate surface area is 175 Å². The molecule has 0 aliphatic carbocycles. The Hall–Kier alpha value is -2.97. The lowest BCUT2D eigenvalue weighted by Gasteiger charge is -2.17. The van der Waals surface area contributed by atoms with E-state index in [9.17, 15) is 13.2 Å². The van der Waals surface area contributed by atoms with E-state index in [4.69, 9.17) is 0 Å². The average Bonchev–Trinajstić information content (AvgIpc) is 3.38. The van der Waals surface area contributed by atoms with Crippen LogP contribution < -0.4 is 10.2 Å². The second-order valence-electron chi connectivity index (χ2n) is 7.54. The number of benzene rings is 1. The van der Waals surface area contributed by atoms with Crippen LogP contribution in [0.4, 0.5) is 5.69 Å².